The minimum absolute atomic E-state index is 0.191. The molecule has 0 aliphatic heterocycles. The van der Waals surface area contributed by atoms with Gasteiger partial charge in [-0.3, -0.25) is 0 Å². The third kappa shape index (κ3) is 2.62. The summed E-state index contributed by atoms with van der Waals surface area (Å²) in [6, 6.07) is 5.36. The number of carbonyl (C=O) groups excluding carboxylic acids is 1. The SMILES string of the molecule is O=C(Nc1ccc2[nH]c(=O)[nH]c2c1)NC1CCCC1. The Balaban J connectivity index is 1.69. The number of hydrogen-bond donors (Lipinski definition) is 4. The van der Waals surface area contributed by atoms with Crippen LogP contribution in [0.4, 0.5) is 10.5 Å². The van der Waals surface area contributed by atoms with Crippen LogP contribution in [-0.4, -0.2) is 22.0 Å². The van der Waals surface area contributed by atoms with Gasteiger partial charge in [-0.1, -0.05) is 12.8 Å². The fraction of sp³-hybridized carbons (Fsp3) is 0.385. The summed E-state index contributed by atoms with van der Waals surface area (Å²) >= 11 is 0. The molecule has 2 amide bonds. The number of hydrogen-bond acceptors (Lipinski definition) is 2. The number of rotatable bonds is 2. The fourth-order valence-electron chi connectivity index (χ4n) is 2.53. The van der Waals surface area contributed by atoms with Crippen LogP contribution in [0, 0.1) is 0 Å². The van der Waals surface area contributed by atoms with Crippen LogP contribution in [-0.2, 0) is 0 Å². The molecule has 1 aliphatic carbocycles. The summed E-state index contributed by atoms with van der Waals surface area (Å²) in [4.78, 5) is 28.3. The molecule has 1 saturated carbocycles. The van der Waals surface area contributed by atoms with Gasteiger partial charge in [0.1, 0.15) is 0 Å². The van der Waals surface area contributed by atoms with Crippen LogP contribution in [0.25, 0.3) is 11.0 Å². The van der Waals surface area contributed by atoms with Crippen molar-refractivity contribution in [2.45, 2.75) is 31.7 Å². The lowest BCUT2D eigenvalue weighted by atomic mass is 10.2. The van der Waals surface area contributed by atoms with Gasteiger partial charge in [-0.25, -0.2) is 9.59 Å². The van der Waals surface area contributed by atoms with Crippen molar-refractivity contribution in [3.8, 4) is 0 Å². The van der Waals surface area contributed by atoms with Crippen LogP contribution >= 0.6 is 0 Å². The lowest BCUT2D eigenvalue weighted by molar-refractivity contribution is 0.248. The summed E-state index contributed by atoms with van der Waals surface area (Å²) < 4.78 is 0. The van der Waals surface area contributed by atoms with Crippen LogP contribution < -0.4 is 16.3 Å². The number of urea groups is 1. The van der Waals surface area contributed by atoms with Gasteiger partial charge < -0.3 is 20.6 Å². The van der Waals surface area contributed by atoms with Gasteiger partial charge in [0.25, 0.3) is 0 Å². The maximum Gasteiger partial charge on any atom is 0.323 e. The van der Waals surface area contributed by atoms with Crippen molar-refractivity contribution < 1.29 is 4.79 Å². The Morgan fingerprint density at radius 2 is 1.89 bits per heavy atom. The average molecular weight is 260 g/mol. The van der Waals surface area contributed by atoms with E-state index in [9.17, 15) is 9.59 Å². The molecule has 0 atom stereocenters. The predicted octanol–water partition coefficient (Wildman–Crippen LogP) is 1.92. The highest BCUT2D eigenvalue weighted by Gasteiger charge is 2.16. The zero-order valence-electron chi connectivity index (χ0n) is 10.5. The summed E-state index contributed by atoms with van der Waals surface area (Å²) in [5.41, 5.74) is 1.83. The van der Waals surface area contributed by atoms with E-state index in [1.54, 1.807) is 18.2 Å². The number of anilines is 1. The molecule has 3 rings (SSSR count). The fourth-order valence-corrected chi connectivity index (χ4v) is 2.53. The van der Waals surface area contributed by atoms with Crippen molar-refractivity contribution in [2.24, 2.45) is 0 Å². The van der Waals surface area contributed by atoms with E-state index in [0.717, 1.165) is 18.4 Å². The molecule has 100 valence electrons. The number of carbonyl (C=O) groups is 1. The Hall–Kier alpha value is -2.24. The smallest absolute Gasteiger partial charge is 0.323 e. The largest absolute Gasteiger partial charge is 0.335 e. The Morgan fingerprint density at radius 3 is 2.68 bits per heavy atom. The topological polar surface area (TPSA) is 89.8 Å². The van der Waals surface area contributed by atoms with Gasteiger partial charge in [-0.2, -0.15) is 0 Å². The van der Waals surface area contributed by atoms with Crippen molar-refractivity contribution in [3.05, 3.63) is 28.7 Å². The summed E-state index contributed by atoms with van der Waals surface area (Å²) in [5, 5.41) is 5.74. The molecular formula is C13H16N4O2. The molecule has 0 bridgehead atoms. The van der Waals surface area contributed by atoms with Gasteiger partial charge in [-0.05, 0) is 31.0 Å². The highest BCUT2D eigenvalue weighted by atomic mass is 16.2. The normalized spacial score (nSPS) is 15.8. The van der Waals surface area contributed by atoms with Gasteiger partial charge >= 0.3 is 11.7 Å². The number of imidazole rings is 1. The maximum absolute atomic E-state index is 11.8. The second kappa shape index (κ2) is 4.79. The summed E-state index contributed by atoms with van der Waals surface area (Å²) in [6.07, 6.45) is 4.47. The molecule has 1 heterocycles. The third-order valence-electron chi connectivity index (χ3n) is 3.46. The molecule has 1 aromatic carbocycles. The zero-order valence-corrected chi connectivity index (χ0v) is 10.5. The summed E-state index contributed by atoms with van der Waals surface area (Å²) in [7, 11) is 0. The first-order valence-corrected chi connectivity index (χ1v) is 6.50. The van der Waals surface area contributed by atoms with E-state index in [2.05, 4.69) is 20.6 Å². The van der Waals surface area contributed by atoms with Crippen LogP contribution in [0.15, 0.2) is 23.0 Å². The van der Waals surface area contributed by atoms with Crippen molar-refractivity contribution in [1.29, 1.82) is 0 Å². The Labute approximate surface area is 109 Å². The molecule has 1 aromatic heterocycles. The number of aromatic nitrogens is 2. The van der Waals surface area contributed by atoms with Crippen molar-refractivity contribution in [2.75, 3.05) is 5.32 Å². The van der Waals surface area contributed by atoms with Gasteiger partial charge in [0.15, 0.2) is 0 Å². The molecule has 0 spiro atoms. The Bertz CT molecular complexity index is 652. The van der Waals surface area contributed by atoms with Crippen LogP contribution in [0.3, 0.4) is 0 Å². The second-order valence-electron chi connectivity index (χ2n) is 4.92. The number of H-pyrrole nitrogens is 2. The number of aromatic amines is 2. The van der Waals surface area contributed by atoms with E-state index >= 15 is 0 Å². The monoisotopic (exact) mass is 260 g/mol. The van der Waals surface area contributed by atoms with E-state index in [1.165, 1.54) is 12.8 Å². The number of nitrogens with one attached hydrogen (secondary N) is 4. The molecule has 0 saturated heterocycles. The minimum Gasteiger partial charge on any atom is -0.335 e. The van der Waals surface area contributed by atoms with Crippen molar-refractivity contribution >= 4 is 22.8 Å². The molecule has 4 N–H and O–H groups in total. The third-order valence-corrected chi connectivity index (χ3v) is 3.46. The molecule has 19 heavy (non-hydrogen) atoms. The van der Waals surface area contributed by atoms with Crippen LogP contribution in [0.2, 0.25) is 0 Å². The van der Waals surface area contributed by atoms with Crippen molar-refractivity contribution in [3.63, 3.8) is 0 Å². The summed E-state index contributed by atoms with van der Waals surface area (Å²) in [5.74, 6) is 0. The minimum atomic E-state index is -0.248. The van der Waals surface area contributed by atoms with Crippen molar-refractivity contribution in [1.82, 2.24) is 15.3 Å². The molecule has 6 heteroatoms. The molecule has 1 fully saturated rings. The van der Waals surface area contributed by atoms with E-state index in [-0.39, 0.29) is 17.8 Å². The number of amides is 2. The van der Waals surface area contributed by atoms with Crippen LogP contribution in [0.5, 0.6) is 0 Å². The highest BCUT2D eigenvalue weighted by Crippen LogP contribution is 2.18. The standard InChI is InChI=1S/C13H16N4O2/c18-12(14-8-3-1-2-4-8)15-9-5-6-10-11(7-9)17-13(19)16-10/h5-8H,1-4H2,(H2,14,15,18)(H2,16,17,19). The molecule has 1 aliphatic rings. The van der Waals surface area contributed by atoms with E-state index in [4.69, 9.17) is 0 Å². The first kappa shape index (κ1) is 11.8. The molecular weight excluding hydrogens is 244 g/mol. The quantitative estimate of drug-likeness (QED) is 0.664. The summed E-state index contributed by atoms with van der Waals surface area (Å²) in [6.45, 7) is 0. The van der Waals surface area contributed by atoms with E-state index in [0.29, 0.717) is 11.2 Å². The van der Waals surface area contributed by atoms with Gasteiger partial charge in [0.2, 0.25) is 0 Å². The zero-order chi connectivity index (χ0) is 13.2. The molecule has 0 unspecified atom stereocenters. The van der Waals surface area contributed by atoms with Gasteiger partial charge in [0, 0.05) is 11.7 Å². The predicted molar refractivity (Wildman–Crippen MR) is 73.3 cm³/mol. The van der Waals surface area contributed by atoms with E-state index in [1.807, 2.05) is 0 Å². The first-order valence-electron chi connectivity index (χ1n) is 6.50. The van der Waals surface area contributed by atoms with Crippen LogP contribution in [0.1, 0.15) is 25.7 Å². The lowest BCUT2D eigenvalue weighted by Gasteiger charge is -2.12. The molecule has 2 aromatic rings. The first-order chi connectivity index (χ1) is 9.20. The Morgan fingerprint density at radius 1 is 1.16 bits per heavy atom. The van der Waals surface area contributed by atoms with Gasteiger partial charge in [-0.15, -0.1) is 0 Å². The Kier molecular flexibility index (Phi) is 2.98. The molecule has 6 nitrogen and oxygen atoms in total. The second-order valence-corrected chi connectivity index (χ2v) is 4.92. The molecule has 0 radical (unpaired) electrons. The highest BCUT2D eigenvalue weighted by molar-refractivity contribution is 5.91. The van der Waals surface area contributed by atoms with Gasteiger partial charge in [0.05, 0.1) is 11.0 Å². The average Bonchev–Trinajstić information content (AvgIpc) is 2.96. The lowest BCUT2D eigenvalue weighted by Crippen LogP contribution is -2.36. The maximum atomic E-state index is 11.8. The number of fused-ring (bicyclic) bond motifs is 1. The number of benzene rings is 1. The van der Waals surface area contributed by atoms with E-state index < -0.39 is 0 Å².